The van der Waals surface area contributed by atoms with Crippen LogP contribution < -0.4 is 5.43 Å². The molecule has 1 aliphatic rings. The van der Waals surface area contributed by atoms with Gasteiger partial charge in [-0.15, -0.1) is 11.3 Å². The van der Waals surface area contributed by atoms with Crippen LogP contribution in [0.15, 0.2) is 61.1 Å². The fraction of sp³-hybridized carbons (Fsp3) is 0.0588. The van der Waals surface area contributed by atoms with Crippen molar-refractivity contribution in [1.82, 2.24) is 0 Å². The molecule has 0 spiro atoms. The third kappa shape index (κ3) is 2.58. The maximum absolute atomic E-state index is 13.0. The summed E-state index contributed by atoms with van der Waals surface area (Å²) in [6, 6.07) is 13.0. The molecule has 0 amide bonds. The molecule has 1 aliphatic heterocycles. The molecule has 0 bridgehead atoms. The van der Waals surface area contributed by atoms with Crippen molar-refractivity contribution in [2.75, 3.05) is 0 Å². The minimum absolute atomic E-state index is 0.0329. The zero-order valence-corrected chi connectivity index (χ0v) is 16.0. The normalized spacial score (nSPS) is 18.2. The third-order valence-corrected chi connectivity index (χ3v) is 7.05. The Morgan fingerprint density at radius 3 is 2.62 bits per heavy atom. The van der Waals surface area contributed by atoms with Crippen LogP contribution in [0.25, 0.3) is 10.1 Å². The van der Waals surface area contributed by atoms with Crippen molar-refractivity contribution in [3.8, 4) is 0 Å². The predicted molar refractivity (Wildman–Crippen MR) is 104 cm³/mol. The highest BCUT2D eigenvalue weighted by molar-refractivity contribution is 9.10. The molecule has 1 aromatic heterocycles. The summed E-state index contributed by atoms with van der Waals surface area (Å²) in [5.74, 6) is -0.341. The summed E-state index contributed by atoms with van der Waals surface area (Å²) in [4.78, 5) is 13.0. The molecule has 0 saturated heterocycles. The second kappa shape index (κ2) is 6.19. The van der Waals surface area contributed by atoms with Gasteiger partial charge in [0.1, 0.15) is 5.04 Å². The number of hydrogen-bond acceptors (Lipinski definition) is 5. The SMILES string of the molecule is O=c1c2c(sc3cc(Cl)ccc13)S/C(=N\O)[C@@H]2c1ccc(Br)cc1. The van der Waals surface area contributed by atoms with Gasteiger partial charge in [-0.25, -0.2) is 0 Å². The zero-order valence-electron chi connectivity index (χ0n) is 12.0. The molecule has 1 atom stereocenters. The first-order chi connectivity index (χ1) is 11.6. The summed E-state index contributed by atoms with van der Waals surface area (Å²) in [5.41, 5.74) is 1.57. The van der Waals surface area contributed by atoms with Gasteiger partial charge in [0.2, 0.25) is 0 Å². The second-order valence-electron chi connectivity index (χ2n) is 5.30. The van der Waals surface area contributed by atoms with E-state index in [0.717, 1.165) is 18.9 Å². The van der Waals surface area contributed by atoms with Gasteiger partial charge in [0.25, 0.3) is 0 Å². The number of oxime groups is 1. The van der Waals surface area contributed by atoms with Gasteiger partial charge in [-0.1, -0.05) is 56.6 Å². The summed E-state index contributed by atoms with van der Waals surface area (Å²) in [5, 5.41) is 14.6. The maximum atomic E-state index is 13.0. The van der Waals surface area contributed by atoms with E-state index in [1.807, 2.05) is 24.3 Å². The second-order valence-corrected chi connectivity index (χ2v) is 8.99. The van der Waals surface area contributed by atoms with Crippen molar-refractivity contribution in [3.63, 3.8) is 0 Å². The van der Waals surface area contributed by atoms with Crippen molar-refractivity contribution in [2.24, 2.45) is 5.16 Å². The van der Waals surface area contributed by atoms with Crippen LogP contribution in [-0.2, 0) is 0 Å². The molecular weight excluding hydrogens is 430 g/mol. The summed E-state index contributed by atoms with van der Waals surface area (Å²) in [6.07, 6.45) is 0. The molecule has 4 rings (SSSR count). The van der Waals surface area contributed by atoms with Gasteiger partial charge < -0.3 is 5.21 Å². The maximum Gasteiger partial charge on any atom is 0.193 e. The number of benzene rings is 2. The smallest absolute Gasteiger partial charge is 0.193 e. The molecule has 1 N–H and O–H groups in total. The lowest BCUT2D eigenvalue weighted by Crippen LogP contribution is -2.15. The molecule has 120 valence electrons. The fourth-order valence-electron chi connectivity index (χ4n) is 2.81. The highest BCUT2D eigenvalue weighted by Gasteiger charge is 2.35. The highest BCUT2D eigenvalue weighted by atomic mass is 79.9. The Bertz CT molecular complexity index is 1050. The van der Waals surface area contributed by atoms with Gasteiger partial charge in [0.05, 0.1) is 10.1 Å². The lowest BCUT2D eigenvalue weighted by atomic mass is 9.93. The van der Waals surface area contributed by atoms with Crippen LogP contribution in [0.4, 0.5) is 0 Å². The van der Waals surface area contributed by atoms with Gasteiger partial charge in [-0.3, -0.25) is 4.79 Å². The molecule has 3 nitrogen and oxygen atoms in total. The predicted octanol–water partition coefficient (Wildman–Crippen LogP) is 5.70. The summed E-state index contributed by atoms with van der Waals surface area (Å²) >= 11 is 12.3. The van der Waals surface area contributed by atoms with E-state index in [9.17, 15) is 10.0 Å². The molecule has 24 heavy (non-hydrogen) atoms. The van der Waals surface area contributed by atoms with Gasteiger partial charge in [-0.05, 0) is 35.9 Å². The average Bonchev–Trinajstić information content (AvgIpc) is 2.94. The van der Waals surface area contributed by atoms with E-state index in [0.29, 0.717) is 21.0 Å². The Labute approximate surface area is 159 Å². The first-order valence-electron chi connectivity index (χ1n) is 7.00. The van der Waals surface area contributed by atoms with E-state index in [2.05, 4.69) is 21.1 Å². The van der Waals surface area contributed by atoms with Gasteiger partial charge >= 0.3 is 0 Å². The molecule has 0 saturated carbocycles. The molecule has 0 unspecified atom stereocenters. The first kappa shape index (κ1) is 16.1. The molecule has 2 aromatic carbocycles. The molecular formula is C17H9BrClNO2S2. The topological polar surface area (TPSA) is 49.7 Å². The number of thioether (sulfide) groups is 1. The molecule has 0 aliphatic carbocycles. The van der Waals surface area contributed by atoms with Crippen LogP contribution in [0.1, 0.15) is 17.0 Å². The van der Waals surface area contributed by atoms with Crippen molar-refractivity contribution < 1.29 is 5.21 Å². The zero-order chi connectivity index (χ0) is 16.8. The summed E-state index contributed by atoms with van der Waals surface area (Å²) < 4.78 is 2.65. The van der Waals surface area contributed by atoms with Crippen molar-refractivity contribution in [1.29, 1.82) is 0 Å². The number of halogens is 2. The van der Waals surface area contributed by atoms with Crippen LogP contribution in [0.3, 0.4) is 0 Å². The van der Waals surface area contributed by atoms with Crippen LogP contribution in [0.2, 0.25) is 5.02 Å². The quantitative estimate of drug-likeness (QED) is 0.391. The Morgan fingerprint density at radius 1 is 1.17 bits per heavy atom. The van der Waals surface area contributed by atoms with Gasteiger partial charge in [-0.2, -0.15) is 0 Å². The molecule has 2 heterocycles. The number of hydrogen-bond donors (Lipinski definition) is 1. The number of nitrogens with zero attached hydrogens (tertiary/aromatic N) is 1. The van der Waals surface area contributed by atoms with E-state index >= 15 is 0 Å². The lowest BCUT2D eigenvalue weighted by Gasteiger charge is -2.11. The Hall–Kier alpha value is -1.34. The van der Waals surface area contributed by atoms with Crippen LogP contribution >= 0.6 is 50.6 Å². The lowest BCUT2D eigenvalue weighted by molar-refractivity contribution is 0.319. The standard InChI is InChI=1S/C17H9BrClNO2S2/c18-9-3-1-8(2-4-9)13-14-15(21)11-6-5-10(19)7-12(11)23-17(14)24-16(13)20-22/h1-7,13,22H/b20-16-/t13-/m1/s1. The molecule has 0 radical (unpaired) electrons. The van der Waals surface area contributed by atoms with Gasteiger partial charge in [0.15, 0.2) is 5.43 Å². The van der Waals surface area contributed by atoms with Gasteiger partial charge in [0, 0.05) is 25.1 Å². The number of fused-ring (bicyclic) bond motifs is 2. The largest absolute Gasteiger partial charge is 0.410 e. The minimum atomic E-state index is -0.341. The highest BCUT2D eigenvalue weighted by Crippen LogP contribution is 2.47. The fourth-order valence-corrected chi connectivity index (χ4v) is 5.90. The van der Waals surface area contributed by atoms with Crippen LogP contribution in [-0.4, -0.2) is 10.3 Å². The first-order valence-corrected chi connectivity index (χ1v) is 9.80. The van der Waals surface area contributed by atoms with Crippen LogP contribution in [0, 0.1) is 0 Å². The Morgan fingerprint density at radius 2 is 1.92 bits per heavy atom. The molecule has 3 aromatic rings. The Balaban J connectivity index is 2.00. The van der Waals surface area contributed by atoms with Crippen molar-refractivity contribution in [3.05, 3.63) is 73.3 Å². The van der Waals surface area contributed by atoms with E-state index < -0.39 is 0 Å². The average molecular weight is 439 g/mol. The number of rotatable bonds is 1. The van der Waals surface area contributed by atoms with E-state index in [4.69, 9.17) is 11.6 Å². The van der Waals surface area contributed by atoms with Crippen molar-refractivity contribution in [2.45, 2.75) is 10.1 Å². The van der Waals surface area contributed by atoms with E-state index in [1.54, 1.807) is 18.2 Å². The minimum Gasteiger partial charge on any atom is -0.410 e. The van der Waals surface area contributed by atoms with Crippen LogP contribution in [0.5, 0.6) is 0 Å². The monoisotopic (exact) mass is 437 g/mol. The van der Waals surface area contributed by atoms with E-state index in [-0.39, 0.29) is 11.3 Å². The third-order valence-electron chi connectivity index (χ3n) is 3.89. The van der Waals surface area contributed by atoms with Crippen molar-refractivity contribution >= 4 is 65.8 Å². The molecule has 0 fully saturated rings. The summed E-state index contributed by atoms with van der Waals surface area (Å²) in [7, 11) is 0. The van der Waals surface area contributed by atoms with E-state index in [1.165, 1.54) is 23.1 Å². The summed E-state index contributed by atoms with van der Waals surface area (Å²) in [6.45, 7) is 0. The molecule has 7 heteroatoms. The Kier molecular flexibility index (Phi) is 4.16.